The number of anilines is 3. The van der Waals surface area contributed by atoms with Gasteiger partial charge in [0.15, 0.2) is 0 Å². The van der Waals surface area contributed by atoms with Crippen LogP contribution in [0.15, 0.2) is 182 Å². The third-order valence-corrected chi connectivity index (χ3v) is 10.9. The van der Waals surface area contributed by atoms with Gasteiger partial charge in [0, 0.05) is 38.8 Å². The summed E-state index contributed by atoms with van der Waals surface area (Å²) in [5.41, 5.74) is 12.4. The summed E-state index contributed by atoms with van der Waals surface area (Å²) in [6, 6.07) is 66.7. The van der Waals surface area contributed by atoms with E-state index < -0.39 is 0 Å². The fraction of sp³-hybridized carbons (Fsp3) is 0.125. The van der Waals surface area contributed by atoms with Crippen LogP contribution >= 0.6 is 0 Å². The number of nitrogens with zero attached hydrogens (tertiary/aromatic N) is 2. The van der Waals surface area contributed by atoms with Crippen LogP contribution in [0.4, 0.5) is 17.1 Å². The maximum absolute atomic E-state index is 2.44. The Morgan fingerprint density at radius 2 is 0.980 bits per heavy atom. The van der Waals surface area contributed by atoms with Crippen LogP contribution in [0.25, 0.3) is 38.6 Å². The zero-order chi connectivity index (χ0) is 33.3. The summed E-state index contributed by atoms with van der Waals surface area (Å²) >= 11 is 0. The van der Waals surface area contributed by atoms with Crippen LogP contribution in [0.3, 0.4) is 0 Å². The molecule has 0 N–H and O–H groups in total. The highest BCUT2D eigenvalue weighted by atomic mass is 15.1. The van der Waals surface area contributed by atoms with Crippen LogP contribution in [0.5, 0.6) is 0 Å². The zero-order valence-electron chi connectivity index (χ0n) is 28.3. The maximum Gasteiger partial charge on any atom is 0.0542 e. The van der Waals surface area contributed by atoms with Gasteiger partial charge in [-0.1, -0.05) is 147 Å². The molecule has 242 valence electrons. The molecule has 0 bridgehead atoms. The number of aromatic nitrogens is 1. The van der Waals surface area contributed by atoms with Crippen molar-refractivity contribution in [1.82, 2.24) is 4.57 Å². The predicted octanol–water partition coefficient (Wildman–Crippen LogP) is 13.2. The Morgan fingerprint density at radius 3 is 1.74 bits per heavy atom. The molecule has 0 unspecified atom stereocenters. The maximum atomic E-state index is 2.44. The van der Waals surface area contributed by atoms with Gasteiger partial charge in [-0.15, -0.1) is 0 Å². The van der Waals surface area contributed by atoms with Crippen molar-refractivity contribution in [3.8, 4) is 16.8 Å². The molecule has 2 heteroatoms. The summed E-state index contributed by atoms with van der Waals surface area (Å²) < 4.78 is 2.44. The number of hydrogen-bond donors (Lipinski definition) is 0. The van der Waals surface area contributed by atoms with Crippen molar-refractivity contribution in [2.75, 3.05) is 4.90 Å². The van der Waals surface area contributed by atoms with Crippen LogP contribution in [0.1, 0.15) is 43.2 Å². The molecule has 0 atom stereocenters. The second-order valence-corrected chi connectivity index (χ2v) is 13.7. The standard InChI is InChI=1S/C48H40N2/c1-5-17-36(18-6-1)42-23-11-13-25-45(42)50-46-26-14-12-24-43(46)44-35-41(31-32-47(44)50)49(39-21-9-3-10-22-39)40-29-27-38(28-30-40)48(33-15-4-16-34-48)37-19-7-2-8-20-37/h1-3,5-14,17-32,35H,4,15-16,33-34H2. The average molecular weight is 645 g/mol. The van der Waals surface area contributed by atoms with Gasteiger partial charge in [0.2, 0.25) is 0 Å². The van der Waals surface area contributed by atoms with E-state index in [1.807, 2.05) is 0 Å². The van der Waals surface area contributed by atoms with E-state index in [1.165, 1.54) is 81.9 Å². The molecule has 8 aromatic rings. The zero-order valence-corrected chi connectivity index (χ0v) is 28.3. The first-order chi connectivity index (χ1) is 24.8. The van der Waals surface area contributed by atoms with Gasteiger partial charge < -0.3 is 9.47 Å². The van der Waals surface area contributed by atoms with Crippen molar-refractivity contribution >= 4 is 38.9 Å². The Hall–Kier alpha value is -5.86. The van der Waals surface area contributed by atoms with Crippen molar-refractivity contribution < 1.29 is 0 Å². The Morgan fingerprint density at radius 1 is 0.420 bits per heavy atom. The molecular weight excluding hydrogens is 605 g/mol. The number of hydrogen-bond acceptors (Lipinski definition) is 1. The first-order valence-corrected chi connectivity index (χ1v) is 18.0. The van der Waals surface area contributed by atoms with E-state index in [4.69, 9.17) is 0 Å². The third-order valence-electron chi connectivity index (χ3n) is 10.9. The molecule has 9 rings (SSSR count). The Bertz CT molecular complexity index is 2380. The van der Waals surface area contributed by atoms with Crippen molar-refractivity contribution in [3.63, 3.8) is 0 Å². The van der Waals surface area contributed by atoms with E-state index in [0.717, 1.165) is 17.1 Å². The van der Waals surface area contributed by atoms with Gasteiger partial charge in [0.1, 0.15) is 0 Å². The highest BCUT2D eigenvalue weighted by Crippen LogP contribution is 2.46. The molecule has 0 radical (unpaired) electrons. The van der Waals surface area contributed by atoms with Gasteiger partial charge in [-0.05, 0) is 84.1 Å². The van der Waals surface area contributed by atoms with Gasteiger partial charge in [-0.3, -0.25) is 0 Å². The van der Waals surface area contributed by atoms with Crippen LogP contribution in [0, 0.1) is 0 Å². The van der Waals surface area contributed by atoms with Crippen LogP contribution in [-0.4, -0.2) is 4.57 Å². The smallest absolute Gasteiger partial charge is 0.0542 e. The predicted molar refractivity (Wildman–Crippen MR) is 211 cm³/mol. The number of benzene rings is 7. The van der Waals surface area contributed by atoms with Crippen LogP contribution in [0.2, 0.25) is 0 Å². The minimum absolute atomic E-state index is 0.0758. The number of para-hydroxylation sites is 3. The summed E-state index contributed by atoms with van der Waals surface area (Å²) in [6.45, 7) is 0. The minimum Gasteiger partial charge on any atom is -0.310 e. The van der Waals surface area contributed by atoms with Gasteiger partial charge in [-0.2, -0.15) is 0 Å². The topological polar surface area (TPSA) is 8.17 Å². The molecule has 1 heterocycles. The molecule has 0 aliphatic heterocycles. The first kappa shape index (κ1) is 30.2. The molecule has 0 spiro atoms. The fourth-order valence-corrected chi connectivity index (χ4v) is 8.50. The van der Waals surface area contributed by atoms with Gasteiger partial charge >= 0.3 is 0 Å². The first-order valence-electron chi connectivity index (χ1n) is 18.0. The van der Waals surface area contributed by atoms with E-state index in [2.05, 4.69) is 191 Å². The molecular formula is C48H40N2. The lowest BCUT2D eigenvalue weighted by Crippen LogP contribution is -2.30. The largest absolute Gasteiger partial charge is 0.310 e. The fourth-order valence-electron chi connectivity index (χ4n) is 8.50. The van der Waals surface area contributed by atoms with Crippen molar-refractivity contribution in [2.45, 2.75) is 37.5 Å². The van der Waals surface area contributed by atoms with Gasteiger partial charge in [0.05, 0.1) is 16.7 Å². The van der Waals surface area contributed by atoms with E-state index in [0.29, 0.717) is 0 Å². The molecule has 0 amide bonds. The molecule has 1 aliphatic rings. The highest BCUT2D eigenvalue weighted by molar-refractivity contribution is 6.11. The van der Waals surface area contributed by atoms with E-state index >= 15 is 0 Å². The average Bonchev–Trinajstić information content (AvgIpc) is 3.53. The molecule has 0 saturated heterocycles. The molecule has 1 saturated carbocycles. The van der Waals surface area contributed by atoms with Crippen molar-refractivity contribution in [1.29, 1.82) is 0 Å². The normalized spacial score (nSPS) is 14.2. The minimum atomic E-state index is 0.0758. The Balaban J connectivity index is 1.19. The Kier molecular flexibility index (Phi) is 7.78. The molecule has 50 heavy (non-hydrogen) atoms. The lowest BCUT2D eigenvalue weighted by Gasteiger charge is -2.39. The quantitative estimate of drug-likeness (QED) is 0.168. The van der Waals surface area contributed by atoms with Crippen molar-refractivity contribution in [3.05, 3.63) is 193 Å². The molecule has 1 aromatic heterocycles. The Labute approximate surface area is 294 Å². The summed E-state index contributed by atoms with van der Waals surface area (Å²) in [5.74, 6) is 0. The molecule has 2 nitrogen and oxygen atoms in total. The number of fused-ring (bicyclic) bond motifs is 3. The summed E-state index contributed by atoms with van der Waals surface area (Å²) in [7, 11) is 0. The van der Waals surface area contributed by atoms with Crippen LogP contribution in [-0.2, 0) is 5.41 Å². The summed E-state index contributed by atoms with van der Waals surface area (Å²) in [4.78, 5) is 2.41. The summed E-state index contributed by atoms with van der Waals surface area (Å²) in [5, 5.41) is 2.49. The monoisotopic (exact) mass is 644 g/mol. The second kappa shape index (κ2) is 12.9. The number of rotatable bonds is 7. The highest BCUT2D eigenvalue weighted by Gasteiger charge is 2.35. The van der Waals surface area contributed by atoms with E-state index in [9.17, 15) is 0 Å². The van der Waals surface area contributed by atoms with E-state index in [-0.39, 0.29) is 5.41 Å². The SMILES string of the molecule is c1ccc(-c2ccccc2-n2c3ccccc3c3cc(N(c4ccccc4)c4ccc(C5(c6ccccc6)CCCCC5)cc4)ccc32)cc1. The third kappa shape index (κ3) is 5.20. The summed E-state index contributed by atoms with van der Waals surface area (Å²) in [6.07, 6.45) is 6.28. The van der Waals surface area contributed by atoms with Crippen molar-refractivity contribution in [2.24, 2.45) is 0 Å². The second-order valence-electron chi connectivity index (χ2n) is 13.7. The lowest BCUT2D eigenvalue weighted by molar-refractivity contribution is 0.346. The molecule has 1 aliphatic carbocycles. The van der Waals surface area contributed by atoms with Gasteiger partial charge in [-0.25, -0.2) is 0 Å². The molecule has 7 aromatic carbocycles. The van der Waals surface area contributed by atoms with E-state index in [1.54, 1.807) is 0 Å². The lowest BCUT2D eigenvalue weighted by atomic mass is 9.65. The van der Waals surface area contributed by atoms with Crippen LogP contribution < -0.4 is 4.90 Å². The van der Waals surface area contributed by atoms with Gasteiger partial charge in [0.25, 0.3) is 0 Å². The molecule has 1 fully saturated rings.